The van der Waals surface area contributed by atoms with E-state index in [9.17, 15) is 14.0 Å². The molecule has 3 aromatic rings. The Morgan fingerprint density at radius 3 is 2.92 bits per heavy atom. The predicted molar refractivity (Wildman–Crippen MR) is 89.7 cm³/mol. The van der Waals surface area contributed by atoms with Gasteiger partial charge in [0.15, 0.2) is 6.61 Å². The molecule has 0 aliphatic rings. The van der Waals surface area contributed by atoms with Gasteiger partial charge in [0.05, 0.1) is 5.56 Å². The van der Waals surface area contributed by atoms with Crippen molar-refractivity contribution >= 4 is 49.6 Å². The zero-order valence-electron chi connectivity index (χ0n) is 12.0. The Morgan fingerprint density at radius 2 is 2.12 bits per heavy atom. The largest absolute Gasteiger partial charge is 0.451 e. The second-order valence-corrected chi connectivity index (χ2v) is 6.69. The van der Waals surface area contributed by atoms with Gasteiger partial charge < -0.3 is 10.1 Å². The number of fused-ring (bicyclic) bond motifs is 1. The Bertz CT molecular complexity index is 971. The molecule has 0 fully saturated rings. The third kappa shape index (κ3) is 3.42. The van der Waals surface area contributed by atoms with E-state index in [1.807, 2.05) is 6.07 Å². The van der Waals surface area contributed by atoms with Crippen molar-refractivity contribution in [1.29, 1.82) is 5.26 Å². The van der Waals surface area contributed by atoms with Gasteiger partial charge in [0, 0.05) is 4.70 Å². The van der Waals surface area contributed by atoms with Crippen LogP contribution in [0.2, 0.25) is 0 Å². The summed E-state index contributed by atoms with van der Waals surface area (Å²) < 4.78 is 18.9. The lowest BCUT2D eigenvalue weighted by atomic mass is 10.2. The van der Waals surface area contributed by atoms with Crippen LogP contribution in [-0.4, -0.2) is 18.5 Å². The fourth-order valence-electron chi connectivity index (χ4n) is 1.97. The zero-order chi connectivity index (χ0) is 17.1. The van der Waals surface area contributed by atoms with Crippen molar-refractivity contribution in [2.75, 3.05) is 11.9 Å². The summed E-state index contributed by atoms with van der Waals surface area (Å²) in [7, 11) is 0. The molecule has 3 rings (SSSR count). The van der Waals surface area contributed by atoms with Crippen molar-refractivity contribution < 1.29 is 18.7 Å². The summed E-state index contributed by atoms with van der Waals surface area (Å²) in [5.41, 5.74) is 0.353. The minimum Gasteiger partial charge on any atom is -0.451 e. The van der Waals surface area contributed by atoms with E-state index < -0.39 is 18.5 Å². The number of thiophene rings is 2. The van der Waals surface area contributed by atoms with Crippen LogP contribution in [0.4, 0.5) is 9.39 Å². The fourth-order valence-corrected chi connectivity index (χ4v) is 3.66. The van der Waals surface area contributed by atoms with Gasteiger partial charge >= 0.3 is 5.97 Å². The summed E-state index contributed by atoms with van der Waals surface area (Å²) in [4.78, 5) is 24.1. The highest BCUT2D eigenvalue weighted by atomic mass is 32.1. The molecular weight excluding hydrogens is 351 g/mol. The maximum Gasteiger partial charge on any atom is 0.348 e. The Hall–Kier alpha value is -2.76. The molecule has 2 aromatic heterocycles. The average Bonchev–Trinajstić information content (AvgIpc) is 3.18. The van der Waals surface area contributed by atoms with Crippen LogP contribution in [0.1, 0.15) is 15.2 Å². The number of hydrogen-bond acceptors (Lipinski definition) is 6. The molecule has 24 heavy (non-hydrogen) atoms. The lowest BCUT2D eigenvalue weighted by Crippen LogP contribution is -2.20. The van der Waals surface area contributed by atoms with Crippen LogP contribution >= 0.6 is 22.7 Å². The minimum absolute atomic E-state index is 0.289. The van der Waals surface area contributed by atoms with E-state index in [2.05, 4.69) is 5.32 Å². The van der Waals surface area contributed by atoms with Crippen molar-refractivity contribution in [3.8, 4) is 6.07 Å². The first-order chi connectivity index (χ1) is 11.6. The number of carbonyl (C=O) groups excluding carboxylic acids is 2. The molecule has 1 aromatic carbocycles. The number of halogens is 1. The molecule has 120 valence electrons. The average molecular weight is 360 g/mol. The van der Waals surface area contributed by atoms with E-state index in [-0.39, 0.29) is 10.7 Å². The van der Waals surface area contributed by atoms with Crippen LogP contribution in [0.25, 0.3) is 10.1 Å². The van der Waals surface area contributed by atoms with Crippen LogP contribution < -0.4 is 5.32 Å². The fraction of sp³-hybridized carbons (Fsp3) is 0.0625. The van der Waals surface area contributed by atoms with Crippen molar-refractivity contribution in [3.63, 3.8) is 0 Å². The van der Waals surface area contributed by atoms with E-state index in [4.69, 9.17) is 10.00 Å². The molecule has 0 atom stereocenters. The molecule has 0 saturated heterocycles. The number of esters is 1. The topological polar surface area (TPSA) is 79.2 Å². The lowest BCUT2D eigenvalue weighted by Gasteiger charge is -2.04. The summed E-state index contributed by atoms with van der Waals surface area (Å²) in [6.45, 7) is -0.468. The second-order valence-electron chi connectivity index (χ2n) is 4.69. The van der Waals surface area contributed by atoms with Gasteiger partial charge in [0.25, 0.3) is 5.91 Å². The molecule has 0 saturated carbocycles. The van der Waals surface area contributed by atoms with Gasteiger partial charge in [0.2, 0.25) is 0 Å². The maximum absolute atomic E-state index is 13.2. The Labute approximate surface area is 143 Å². The van der Waals surface area contributed by atoms with E-state index in [1.165, 1.54) is 29.5 Å². The van der Waals surface area contributed by atoms with Crippen molar-refractivity contribution in [3.05, 3.63) is 52.0 Å². The molecule has 2 heterocycles. The number of nitriles is 1. The van der Waals surface area contributed by atoms with Crippen LogP contribution in [0.15, 0.2) is 35.7 Å². The first-order valence-corrected chi connectivity index (χ1v) is 8.40. The first kappa shape index (κ1) is 16.1. The molecular formula is C16H9FN2O3S2. The summed E-state index contributed by atoms with van der Waals surface area (Å²) >= 11 is 2.37. The van der Waals surface area contributed by atoms with Crippen molar-refractivity contribution in [1.82, 2.24) is 0 Å². The van der Waals surface area contributed by atoms with Crippen LogP contribution in [0.3, 0.4) is 0 Å². The molecule has 0 aliphatic carbocycles. The van der Waals surface area contributed by atoms with E-state index >= 15 is 0 Å². The highest BCUT2D eigenvalue weighted by molar-refractivity contribution is 7.20. The molecule has 0 aliphatic heterocycles. The second kappa shape index (κ2) is 6.78. The van der Waals surface area contributed by atoms with E-state index in [0.29, 0.717) is 16.0 Å². The number of carbonyl (C=O) groups is 2. The molecule has 0 spiro atoms. The normalized spacial score (nSPS) is 10.3. The number of ether oxygens (including phenoxy) is 1. The molecule has 0 unspecified atom stereocenters. The van der Waals surface area contributed by atoms with Gasteiger partial charge in [-0.1, -0.05) is 0 Å². The number of nitrogens with one attached hydrogen (secondary N) is 1. The van der Waals surface area contributed by atoms with Crippen LogP contribution in [0, 0.1) is 17.1 Å². The SMILES string of the molecule is N#Cc1ccsc1NC(=O)COC(=O)c1cc2cc(F)ccc2s1. The van der Waals surface area contributed by atoms with Crippen LogP contribution in [0.5, 0.6) is 0 Å². The zero-order valence-corrected chi connectivity index (χ0v) is 13.7. The first-order valence-electron chi connectivity index (χ1n) is 6.70. The Balaban J connectivity index is 1.62. The van der Waals surface area contributed by atoms with Gasteiger partial charge in [-0.2, -0.15) is 5.26 Å². The number of rotatable bonds is 4. The predicted octanol–water partition coefficient (Wildman–Crippen LogP) is 3.77. The smallest absolute Gasteiger partial charge is 0.348 e. The third-order valence-corrected chi connectivity index (χ3v) is 4.98. The standard InChI is InChI=1S/C16H9FN2O3S2/c17-11-1-2-12-10(5-11)6-13(24-12)16(21)22-8-14(20)19-15-9(7-18)3-4-23-15/h1-6H,8H2,(H,19,20). The molecule has 0 radical (unpaired) electrons. The van der Waals surface area contributed by atoms with Gasteiger partial charge in [-0.3, -0.25) is 4.79 Å². The molecule has 5 nitrogen and oxygen atoms in total. The highest BCUT2D eigenvalue weighted by Gasteiger charge is 2.15. The summed E-state index contributed by atoms with van der Waals surface area (Å²) in [6, 6.07) is 9.29. The monoisotopic (exact) mass is 360 g/mol. The van der Waals surface area contributed by atoms with Gasteiger partial charge in [0.1, 0.15) is 21.8 Å². The maximum atomic E-state index is 13.2. The van der Waals surface area contributed by atoms with Crippen molar-refractivity contribution in [2.24, 2.45) is 0 Å². The number of amides is 1. The Morgan fingerprint density at radius 1 is 1.29 bits per heavy atom. The highest BCUT2D eigenvalue weighted by Crippen LogP contribution is 2.27. The molecule has 8 heteroatoms. The Kier molecular flexibility index (Phi) is 4.55. The number of hydrogen-bond donors (Lipinski definition) is 1. The summed E-state index contributed by atoms with van der Waals surface area (Å²) in [5.74, 6) is -1.57. The summed E-state index contributed by atoms with van der Waals surface area (Å²) in [6.07, 6.45) is 0. The third-order valence-electron chi connectivity index (χ3n) is 3.05. The molecule has 0 bridgehead atoms. The summed E-state index contributed by atoms with van der Waals surface area (Å²) in [5, 5.41) is 14.1. The number of anilines is 1. The minimum atomic E-state index is -0.654. The lowest BCUT2D eigenvalue weighted by molar-refractivity contribution is -0.119. The molecule has 1 N–H and O–H groups in total. The number of nitrogens with zero attached hydrogens (tertiary/aromatic N) is 1. The van der Waals surface area contributed by atoms with Crippen molar-refractivity contribution in [2.45, 2.75) is 0 Å². The quantitative estimate of drug-likeness (QED) is 0.718. The van der Waals surface area contributed by atoms with Crippen LogP contribution in [-0.2, 0) is 9.53 Å². The van der Waals surface area contributed by atoms with Gasteiger partial charge in [-0.25, -0.2) is 9.18 Å². The van der Waals surface area contributed by atoms with Gasteiger partial charge in [-0.15, -0.1) is 22.7 Å². The van der Waals surface area contributed by atoms with E-state index in [1.54, 1.807) is 17.5 Å². The number of benzene rings is 1. The van der Waals surface area contributed by atoms with E-state index in [0.717, 1.165) is 16.0 Å². The van der Waals surface area contributed by atoms with Gasteiger partial charge in [-0.05, 0) is 41.1 Å². The molecule has 1 amide bonds.